The number of rotatable bonds is 2. The predicted octanol–water partition coefficient (Wildman–Crippen LogP) is 2.35. The second-order valence-corrected chi connectivity index (χ2v) is 3.70. The largest absolute Gasteiger partial charge is 0.421 e. The molecule has 0 unspecified atom stereocenters. The van der Waals surface area contributed by atoms with Crippen LogP contribution in [-0.4, -0.2) is 9.97 Å². The average molecular weight is 233 g/mol. The minimum absolute atomic E-state index is 0.129. The highest BCUT2D eigenvalue weighted by Gasteiger charge is 2.12. The number of benzene rings is 1. The van der Waals surface area contributed by atoms with Gasteiger partial charge in [-0.3, -0.25) is 0 Å². The average Bonchev–Trinajstić information content (AvgIpc) is 2.59. The van der Waals surface area contributed by atoms with E-state index >= 15 is 0 Å². The van der Waals surface area contributed by atoms with E-state index in [-0.39, 0.29) is 6.01 Å². The van der Waals surface area contributed by atoms with Crippen molar-refractivity contribution in [3.8, 4) is 0 Å². The van der Waals surface area contributed by atoms with E-state index in [4.69, 9.17) is 22.4 Å². The number of nitrogens with two attached hydrogens (primary N) is 1. The number of hydrogen-bond donors (Lipinski definition) is 2. The van der Waals surface area contributed by atoms with E-state index in [2.05, 4.69) is 10.3 Å². The molecule has 0 radical (unpaired) electrons. The summed E-state index contributed by atoms with van der Waals surface area (Å²) >= 11 is 5.20. The number of nitrogen functional groups attached to an aromatic ring is 1. The van der Waals surface area contributed by atoms with Gasteiger partial charge in [0, 0.05) is 5.69 Å². The lowest BCUT2D eigenvalue weighted by atomic mass is 10.3. The van der Waals surface area contributed by atoms with Crippen LogP contribution in [0.1, 0.15) is 11.5 Å². The molecule has 2 aromatic rings. The molecule has 0 aliphatic carbocycles. The Balaban J connectivity index is 2.18. The van der Waals surface area contributed by atoms with E-state index in [9.17, 15) is 0 Å². The lowest BCUT2D eigenvalue weighted by Gasteiger charge is -2.05. The molecule has 0 saturated heterocycles. The third kappa shape index (κ3) is 2.20. The van der Waals surface area contributed by atoms with E-state index in [1.807, 2.05) is 30.3 Å². The monoisotopic (exact) mass is 233 g/mol. The number of aryl methyl sites for hydroxylation is 1. The Morgan fingerprint density at radius 3 is 2.62 bits per heavy atom. The van der Waals surface area contributed by atoms with Crippen LogP contribution in [0, 0.1) is 6.92 Å². The molecule has 1 aromatic heterocycles. The topological polar surface area (TPSA) is 64.1 Å². The standard InChI is InChI=1S/C11H11N3OS/c1-7-9(15-11(12)13-7)10(16)14-8-5-3-2-4-6-8/h2-6H,1H3,(H2,12,13)(H,14,16). The third-order valence-corrected chi connectivity index (χ3v) is 2.34. The number of aromatic nitrogens is 1. The first kappa shape index (κ1) is 10.6. The molecular formula is C11H11N3OS. The second kappa shape index (κ2) is 4.32. The molecule has 0 aliphatic heterocycles. The molecule has 1 aromatic carbocycles. The van der Waals surface area contributed by atoms with E-state index in [1.54, 1.807) is 6.92 Å². The van der Waals surface area contributed by atoms with Crippen LogP contribution in [-0.2, 0) is 0 Å². The first-order chi connectivity index (χ1) is 7.66. The summed E-state index contributed by atoms with van der Waals surface area (Å²) in [5.41, 5.74) is 7.04. The van der Waals surface area contributed by atoms with Crippen molar-refractivity contribution in [1.29, 1.82) is 0 Å². The van der Waals surface area contributed by atoms with E-state index < -0.39 is 0 Å². The van der Waals surface area contributed by atoms with Gasteiger partial charge < -0.3 is 15.5 Å². The molecule has 0 fully saturated rings. The van der Waals surface area contributed by atoms with Gasteiger partial charge in [0.05, 0.1) is 5.69 Å². The Hall–Kier alpha value is -1.88. The highest BCUT2D eigenvalue weighted by atomic mass is 32.1. The molecule has 3 N–H and O–H groups in total. The molecule has 0 spiro atoms. The van der Waals surface area contributed by atoms with Gasteiger partial charge in [0.2, 0.25) is 0 Å². The van der Waals surface area contributed by atoms with Crippen LogP contribution in [0.15, 0.2) is 34.7 Å². The van der Waals surface area contributed by atoms with E-state index in [1.165, 1.54) is 0 Å². The van der Waals surface area contributed by atoms with Gasteiger partial charge in [-0.05, 0) is 19.1 Å². The second-order valence-electron chi connectivity index (χ2n) is 3.29. The zero-order chi connectivity index (χ0) is 11.5. The molecule has 4 nitrogen and oxygen atoms in total. The lowest BCUT2D eigenvalue weighted by molar-refractivity contribution is 0.571. The summed E-state index contributed by atoms with van der Waals surface area (Å²) in [5.74, 6) is 0.511. The van der Waals surface area contributed by atoms with Crippen LogP contribution >= 0.6 is 12.2 Å². The first-order valence-electron chi connectivity index (χ1n) is 4.76. The predicted molar refractivity (Wildman–Crippen MR) is 67.4 cm³/mol. The van der Waals surface area contributed by atoms with E-state index in [0.717, 1.165) is 5.69 Å². The van der Waals surface area contributed by atoms with Gasteiger partial charge in [0.15, 0.2) is 5.76 Å². The van der Waals surface area contributed by atoms with Crippen molar-refractivity contribution < 1.29 is 4.42 Å². The van der Waals surface area contributed by atoms with Gasteiger partial charge in [-0.1, -0.05) is 30.4 Å². The number of hydrogen-bond acceptors (Lipinski definition) is 4. The Morgan fingerprint density at radius 1 is 1.38 bits per heavy atom. The minimum Gasteiger partial charge on any atom is -0.421 e. The van der Waals surface area contributed by atoms with Crippen molar-refractivity contribution in [1.82, 2.24) is 4.98 Å². The maximum Gasteiger partial charge on any atom is 0.292 e. The maximum atomic E-state index is 5.45. The number of para-hydroxylation sites is 1. The zero-order valence-electron chi connectivity index (χ0n) is 8.73. The molecule has 5 heteroatoms. The van der Waals surface area contributed by atoms with E-state index in [0.29, 0.717) is 16.4 Å². The van der Waals surface area contributed by atoms with Crippen LogP contribution in [0.5, 0.6) is 0 Å². The fourth-order valence-corrected chi connectivity index (χ4v) is 1.64. The molecule has 1 heterocycles. The molecule has 2 rings (SSSR count). The Labute approximate surface area is 98.5 Å². The molecule has 82 valence electrons. The zero-order valence-corrected chi connectivity index (χ0v) is 9.54. The molecule has 0 amide bonds. The number of nitrogens with one attached hydrogen (secondary N) is 1. The molecular weight excluding hydrogens is 222 g/mol. The summed E-state index contributed by atoms with van der Waals surface area (Å²) in [5, 5.41) is 3.05. The van der Waals surface area contributed by atoms with Gasteiger partial charge in [-0.2, -0.15) is 4.98 Å². The van der Waals surface area contributed by atoms with Crippen LogP contribution in [0.2, 0.25) is 0 Å². The number of thiocarbonyl (C=S) groups is 1. The summed E-state index contributed by atoms with van der Waals surface area (Å²) < 4.78 is 5.21. The molecule has 16 heavy (non-hydrogen) atoms. The van der Waals surface area contributed by atoms with Crippen LogP contribution in [0.4, 0.5) is 11.7 Å². The normalized spacial score (nSPS) is 10.1. The van der Waals surface area contributed by atoms with Crippen molar-refractivity contribution in [3.05, 3.63) is 41.8 Å². The van der Waals surface area contributed by atoms with Crippen molar-refractivity contribution in [2.45, 2.75) is 6.92 Å². The Kier molecular flexibility index (Phi) is 2.87. The van der Waals surface area contributed by atoms with Gasteiger partial charge in [0.25, 0.3) is 6.01 Å². The minimum atomic E-state index is 0.129. The summed E-state index contributed by atoms with van der Waals surface area (Å²) in [7, 11) is 0. The smallest absolute Gasteiger partial charge is 0.292 e. The number of anilines is 2. The van der Waals surface area contributed by atoms with Gasteiger partial charge >= 0.3 is 0 Å². The highest BCUT2D eigenvalue weighted by Crippen LogP contribution is 2.15. The molecule has 0 saturated carbocycles. The molecule has 0 aliphatic rings. The molecule has 0 bridgehead atoms. The van der Waals surface area contributed by atoms with Gasteiger partial charge in [-0.25, -0.2) is 0 Å². The summed E-state index contributed by atoms with van der Waals surface area (Å²) in [6.07, 6.45) is 0. The maximum absolute atomic E-state index is 5.45. The Bertz CT molecular complexity index is 507. The van der Waals surface area contributed by atoms with Crippen molar-refractivity contribution in [3.63, 3.8) is 0 Å². The van der Waals surface area contributed by atoms with Crippen LogP contribution < -0.4 is 11.1 Å². The highest BCUT2D eigenvalue weighted by molar-refractivity contribution is 7.81. The number of nitrogens with zero attached hydrogens (tertiary/aromatic N) is 1. The first-order valence-corrected chi connectivity index (χ1v) is 5.17. The number of oxazole rings is 1. The SMILES string of the molecule is Cc1nc(N)oc1C(=S)Nc1ccccc1. The van der Waals surface area contributed by atoms with Gasteiger partial charge in [-0.15, -0.1) is 0 Å². The van der Waals surface area contributed by atoms with Crippen LogP contribution in [0.3, 0.4) is 0 Å². The fourth-order valence-electron chi connectivity index (χ4n) is 1.34. The quantitative estimate of drug-likeness (QED) is 0.779. The summed E-state index contributed by atoms with van der Waals surface area (Å²) in [4.78, 5) is 4.44. The third-order valence-electron chi connectivity index (χ3n) is 2.05. The Morgan fingerprint density at radius 2 is 2.06 bits per heavy atom. The van der Waals surface area contributed by atoms with Crippen molar-refractivity contribution in [2.75, 3.05) is 11.1 Å². The van der Waals surface area contributed by atoms with Crippen LogP contribution in [0.25, 0.3) is 0 Å². The summed E-state index contributed by atoms with van der Waals surface area (Å²) in [6, 6.07) is 9.75. The fraction of sp³-hybridized carbons (Fsp3) is 0.0909. The lowest BCUT2D eigenvalue weighted by Crippen LogP contribution is -2.10. The summed E-state index contributed by atoms with van der Waals surface area (Å²) in [6.45, 7) is 1.80. The molecule has 0 atom stereocenters. The van der Waals surface area contributed by atoms with Gasteiger partial charge in [0.1, 0.15) is 4.99 Å². The van der Waals surface area contributed by atoms with Crippen molar-refractivity contribution >= 4 is 28.9 Å². The van der Waals surface area contributed by atoms with Crippen molar-refractivity contribution in [2.24, 2.45) is 0 Å².